The first kappa shape index (κ1) is 17.9. The highest BCUT2D eigenvalue weighted by molar-refractivity contribution is 7.89. The quantitative estimate of drug-likeness (QED) is 0.538. The lowest BCUT2D eigenvalue weighted by atomic mass is 10.2. The molecule has 0 aromatic carbocycles. The van der Waals surface area contributed by atoms with Gasteiger partial charge in [0.2, 0.25) is 10.0 Å². The predicted octanol–water partition coefficient (Wildman–Crippen LogP) is 2.26. The van der Waals surface area contributed by atoms with Crippen LogP contribution in [0.4, 0.5) is 0 Å². The molecule has 0 rings (SSSR count). The van der Waals surface area contributed by atoms with E-state index in [1.807, 2.05) is 0 Å². The summed E-state index contributed by atoms with van der Waals surface area (Å²) in [6, 6.07) is 0.471. The van der Waals surface area contributed by atoms with Crippen molar-refractivity contribution in [1.29, 1.82) is 0 Å². The largest absolute Gasteiger partial charge is 0.315 e. The Labute approximate surface area is 113 Å². The van der Waals surface area contributed by atoms with Gasteiger partial charge < -0.3 is 5.32 Å². The summed E-state index contributed by atoms with van der Waals surface area (Å²) < 4.78 is 25.9. The fraction of sp³-hybridized carbons (Fsp3) is 1.00. The van der Waals surface area contributed by atoms with Gasteiger partial charge in [-0.05, 0) is 25.8 Å². The Kier molecular flexibility index (Phi) is 10.7. The molecule has 18 heavy (non-hydrogen) atoms. The molecule has 0 spiro atoms. The highest BCUT2D eigenvalue weighted by Crippen LogP contribution is 1.99. The highest BCUT2D eigenvalue weighted by atomic mass is 32.2. The van der Waals surface area contributed by atoms with Crippen LogP contribution in [0.2, 0.25) is 0 Å². The lowest BCUT2D eigenvalue weighted by molar-refractivity contribution is 0.553. The van der Waals surface area contributed by atoms with E-state index in [9.17, 15) is 8.42 Å². The lowest BCUT2D eigenvalue weighted by Gasteiger charge is -2.08. The maximum atomic E-state index is 11.6. The van der Waals surface area contributed by atoms with E-state index in [0.29, 0.717) is 12.6 Å². The Balaban J connectivity index is 3.49. The molecular formula is C13H30N2O2S. The number of unbranched alkanes of at least 4 members (excludes halogenated alkanes) is 4. The molecule has 0 aliphatic carbocycles. The average molecular weight is 278 g/mol. The molecule has 5 heteroatoms. The van der Waals surface area contributed by atoms with Crippen molar-refractivity contribution < 1.29 is 8.42 Å². The van der Waals surface area contributed by atoms with E-state index in [1.165, 1.54) is 12.8 Å². The first-order valence-electron chi connectivity index (χ1n) is 7.18. The second kappa shape index (κ2) is 10.8. The van der Waals surface area contributed by atoms with Crippen LogP contribution in [0.15, 0.2) is 0 Å². The fourth-order valence-electron chi connectivity index (χ4n) is 1.66. The summed E-state index contributed by atoms with van der Waals surface area (Å²) in [5.41, 5.74) is 0. The highest BCUT2D eigenvalue weighted by Gasteiger charge is 2.08. The molecule has 0 heterocycles. The molecule has 0 saturated heterocycles. The minimum atomic E-state index is -3.05. The molecule has 2 N–H and O–H groups in total. The number of hydrogen-bond acceptors (Lipinski definition) is 3. The molecule has 0 saturated carbocycles. The zero-order chi connectivity index (χ0) is 13.9. The molecule has 0 aromatic rings. The standard InChI is InChI=1S/C13H30N2O2S/c1-4-5-6-7-11-15-18(16,17)12-9-8-10-14-13(2)3/h13-15H,4-12H2,1-3H3. The minimum absolute atomic E-state index is 0.251. The Morgan fingerprint density at radius 3 is 2.22 bits per heavy atom. The third-order valence-corrected chi connectivity index (χ3v) is 4.21. The molecule has 0 unspecified atom stereocenters. The van der Waals surface area contributed by atoms with E-state index in [0.717, 1.165) is 32.2 Å². The van der Waals surface area contributed by atoms with Gasteiger partial charge in [0, 0.05) is 12.6 Å². The summed E-state index contributed by atoms with van der Waals surface area (Å²) in [6.07, 6.45) is 6.05. The van der Waals surface area contributed by atoms with Gasteiger partial charge >= 0.3 is 0 Å². The van der Waals surface area contributed by atoms with Crippen LogP contribution in [0.5, 0.6) is 0 Å². The van der Waals surface area contributed by atoms with Crippen molar-refractivity contribution in [3.63, 3.8) is 0 Å². The molecular weight excluding hydrogens is 248 g/mol. The van der Waals surface area contributed by atoms with Crippen molar-refractivity contribution in [2.24, 2.45) is 0 Å². The summed E-state index contributed by atoms with van der Waals surface area (Å²) in [5.74, 6) is 0.251. The minimum Gasteiger partial charge on any atom is -0.315 e. The maximum Gasteiger partial charge on any atom is 0.211 e. The molecule has 0 bridgehead atoms. The first-order chi connectivity index (χ1) is 8.48. The van der Waals surface area contributed by atoms with Crippen molar-refractivity contribution in [1.82, 2.24) is 10.0 Å². The monoisotopic (exact) mass is 278 g/mol. The van der Waals surface area contributed by atoms with Gasteiger partial charge in [-0.25, -0.2) is 13.1 Å². The second-order valence-electron chi connectivity index (χ2n) is 5.09. The molecule has 0 amide bonds. The number of nitrogens with one attached hydrogen (secondary N) is 2. The van der Waals surface area contributed by atoms with Crippen molar-refractivity contribution >= 4 is 10.0 Å². The van der Waals surface area contributed by atoms with Gasteiger partial charge in [0.05, 0.1) is 5.75 Å². The number of rotatable bonds is 12. The third kappa shape index (κ3) is 12.3. The molecule has 0 aromatic heterocycles. The Morgan fingerprint density at radius 1 is 0.944 bits per heavy atom. The Morgan fingerprint density at radius 2 is 1.61 bits per heavy atom. The van der Waals surface area contributed by atoms with Crippen LogP contribution >= 0.6 is 0 Å². The van der Waals surface area contributed by atoms with Crippen molar-refractivity contribution in [2.45, 2.75) is 65.3 Å². The normalized spacial score (nSPS) is 12.2. The summed E-state index contributed by atoms with van der Waals surface area (Å²) in [6.45, 7) is 7.81. The van der Waals surface area contributed by atoms with Gasteiger partial charge in [0.15, 0.2) is 0 Å². The SMILES string of the molecule is CCCCCCNS(=O)(=O)CCCCNC(C)C. The van der Waals surface area contributed by atoms with E-state index >= 15 is 0 Å². The van der Waals surface area contributed by atoms with E-state index in [1.54, 1.807) is 0 Å². The van der Waals surface area contributed by atoms with E-state index in [2.05, 4.69) is 30.8 Å². The van der Waals surface area contributed by atoms with Gasteiger partial charge in [-0.3, -0.25) is 0 Å². The molecule has 0 atom stereocenters. The number of hydrogen-bond donors (Lipinski definition) is 2. The summed E-state index contributed by atoms with van der Waals surface area (Å²) in [5, 5.41) is 3.28. The third-order valence-electron chi connectivity index (χ3n) is 2.74. The van der Waals surface area contributed by atoms with Crippen LogP contribution in [0.1, 0.15) is 59.3 Å². The van der Waals surface area contributed by atoms with E-state index in [-0.39, 0.29) is 5.75 Å². The van der Waals surface area contributed by atoms with E-state index < -0.39 is 10.0 Å². The van der Waals surface area contributed by atoms with Crippen LogP contribution in [0.3, 0.4) is 0 Å². The Bertz CT molecular complexity index is 277. The fourth-order valence-corrected chi connectivity index (χ4v) is 2.84. The molecule has 4 nitrogen and oxygen atoms in total. The molecule has 0 aliphatic rings. The molecule has 0 radical (unpaired) electrons. The van der Waals surface area contributed by atoms with Gasteiger partial charge in [0.1, 0.15) is 0 Å². The Hall–Kier alpha value is -0.130. The topological polar surface area (TPSA) is 58.2 Å². The summed E-state index contributed by atoms with van der Waals surface area (Å²) in [4.78, 5) is 0. The second-order valence-corrected chi connectivity index (χ2v) is 7.02. The van der Waals surface area contributed by atoms with Crippen molar-refractivity contribution in [3.05, 3.63) is 0 Å². The lowest BCUT2D eigenvalue weighted by Crippen LogP contribution is -2.28. The number of sulfonamides is 1. The molecule has 110 valence electrons. The van der Waals surface area contributed by atoms with Crippen LogP contribution in [0, 0.1) is 0 Å². The zero-order valence-electron chi connectivity index (χ0n) is 12.2. The van der Waals surface area contributed by atoms with Crippen LogP contribution in [-0.4, -0.2) is 33.3 Å². The van der Waals surface area contributed by atoms with Crippen molar-refractivity contribution in [3.8, 4) is 0 Å². The molecule has 0 aliphatic heterocycles. The van der Waals surface area contributed by atoms with Crippen LogP contribution in [-0.2, 0) is 10.0 Å². The first-order valence-corrected chi connectivity index (χ1v) is 8.84. The van der Waals surface area contributed by atoms with Gasteiger partial charge in [0.25, 0.3) is 0 Å². The predicted molar refractivity (Wildman–Crippen MR) is 78.3 cm³/mol. The smallest absolute Gasteiger partial charge is 0.211 e. The summed E-state index contributed by atoms with van der Waals surface area (Å²) in [7, 11) is -3.05. The average Bonchev–Trinajstić information content (AvgIpc) is 2.27. The van der Waals surface area contributed by atoms with Gasteiger partial charge in [-0.1, -0.05) is 40.0 Å². The summed E-state index contributed by atoms with van der Waals surface area (Å²) >= 11 is 0. The van der Waals surface area contributed by atoms with Gasteiger partial charge in [-0.15, -0.1) is 0 Å². The van der Waals surface area contributed by atoms with Crippen LogP contribution in [0.25, 0.3) is 0 Å². The molecule has 0 fully saturated rings. The van der Waals surface area contributed by atoms with Crippen LogP contribution < -0.4 is 10.0 Å². The zero-order valence-corrected chi connectivity index (χ0v) is 13.0. The van der Waals surface area contributed by atoms with E-state index in [4.69, 9.17) is 0 Å². The van der Waals surface area contributed by atoms with Gasteiger partial charge in [-0.2, -0.15) is 0 Å². The van der Waals surface area contributed by atoms with Crippen molar-refractivity contribution in [2.75, 3.05) is 18.8 Å². The maximum absolute atomic E-state index is 11.6.